The molecule has 2 amide bonds. The minimum absolute atomic E-state index is 0.144. The monoisotopic (exact) mass is 197 g/mol. The SMILES string of the molecule is CCCC(C#N)NC(=O)N(CC)CC. The highest BCUT2D eigenvalue weighted by atomic mass is 16.2. The number of hydrogen-bond acceptors (Lipinski definition) is 2. The van der Waals surface area contributed by atoms with Gasteiger partial charge in [-0.15, -0.1) is 0 Å². The van der Waals surface area contributed by atoms with Gasteiger partial charge in [-0.3, -0.25) is 0 Å². The summed E-state index contributed by atoms with van der Waals surface area (Å²) in [5.41, 5.74) is 0. The summed E-state index contributed by atoms with van der Waals surface area (Å²) in [7, 11) is 0. The van der Waals surface area contributed by atoms with E-state index in [1.54, 1.807) is 4.90 Å². The van der Waals surface area contributed by atoms with Crippen molar-refractivity contribution in [2.75, 3.05) is 13.1 Å². The lowest BCUT2D eigenvalue weighted by Gasteiger charge is -2.21. The Bertz CT molecular complexity index is 206. The predicted molar refractivity (Wildman–Crippen MR) is 55.8 cm³/mol. The summed E-state index contributed by atoms with van der Waals surface area (Å²) < 4.78 is 0. The number of carbonyl (C=O) groups excluding carboxylic acids is 1. The van der Waals surface area contributed by atoms with Crippen LogP contribution in [0.3, 0.4) is 0 Å². The van der Waals surface area contributed by atoms with Gasteiger partial charge in [-0.1, -0.05) is 13.3 Å². The Kier molecular flexibility index (Phi) is 6.55. The quantitative estimate of drug-likeness (QED) is 0.729. The van der Waals surface area contributed by atoms with Crippen molar-refractivity contribution >= 4 is 6.03 Å². The highest BCUT2D eigenvalue weighted by Gasteiger charge is 2.13. The zero-order valence-electron chi connectivity index (χ0n) is 9.21. The van der Waals surface area contributed by atoms with Crippen molar-refractivity contribution < 1.29 is 4.79 Å². The summed E-state index contributed by atoms with van der Waals surface area (Å²) in [6.07, 6.45) is 1.61. The van der Waals surface area contributed by atoms with Crippen LogP contribution in [0.2, 0.25) is 0 Å². The van der Waals surface area contributed by atoms with Crippen molar-refractivity contribution in [1.82, 2.24) is 10.2 Å². The van der Waals surface area contributed by atoms with E-state index in [1.165, 1.54) is 0 Å². The molecule has 4 heteroatoms. The van der Waals surface area contributed by atoms with Crippen molar-refractivity contribution in [3.8, 4) is 6.07 Å². The number of amides is 2. The van der Waals surface area contributed by atoms with Gasteiger partial charge >= 0.3 is 6.03 Å². The zero-order chi connectivity index (χ0) is 11.0. The second-order valence-corrected chi connectivity index (χ2v) is 3.09. The largest absolute Gasteiger partial charge is 0.325 e. The van der Waals surface area contributed by atoms with Gasteiger partial charge < -0.3 is 10.2 Å². The average Bonchev–Trinajstić information content (AvgIpc) is 2.19. The summed E-state index contributed by atoms with van der Waals surface area (Å²) in [6.45, 7) is 7.18. The maximum atomic E-state index is 11.5. The van der Waals surface area contributed by atoms with Crippen LogP contribution in [0.15, 0.2) is 0 Å². The Morgan fingerprint density at radius 3 is 2.36 bits per heavy atom. The summed E-state index contributed by atoms with van der Waals surface area (Å²) in [5.74, 6) is 0. The van der Waals surface area contributed by atoms with Gasteiger partial charge in [0.2, 0.25) is 0 Å². The maximum Gasteiger partial charge on any atom is 0.318 e. The molecule has 1 N–H and O–H groups in total. The molecule has 0 saturated carbocycles. The fourth-order valence-corrected chi connectivity index (χ4v) is 1.21. The van der Waals surface area contributed by atoms with Crippen LogP contribution in [0, 0.1) is 11.3 Å². The van der Waals surface area contributed by atoms with Crippen LogP contribution in [-0.2, 0) is 0 Å². The predicted octanol–water partition coefficient (Wildman–Crippen LogP) is 1.73. The van der Waals surface area contributed by atoms with Crippen molar-refractivity contribution in [2.24, 2.45) is 0 Å². The molecule has 80 valence electrons. The minimum atomic E-state index is -0.354. The van der Waals surface area contributed by atoms with E-state index in [2.05, 4.69) is 11.4 Å². The lowest BCUT2D eigenvalue weighted by atomic mass is 10.2. The lowest BCUT2D eigenvalue weighted by molar-refractivity contribution is 0.201. The molecular formula is C10H19N3O. The zero-order valence-corrected chi connectivity index (χ0v) is 9.21. The fraction of sp³-hybridized carbons (Fsp3) is 0.800. The number of nitrogens with zero attached hydrogens (tertiary/aromatic N) is 2. The Labute approximate surface area is 85.9 Å². The summed E-state index contributed by atoms with van der Waals surface area (Å²) in [5, 5.41) is 11.4. The first-order valence-electron chi connectivity index (χ1n) is 5.14. The van der Waals surface area contributed by atoms with Gasteiger partial charge in [0.15, 0.2) is 0 Å². The standard InChI is InChI=1S/C10H19N3O/c1-4-7-9(8-11)12-10(14)13(5-2)6-3/h9H,4-7H2,1-3H3,(H,12,14). The van der Waals surface area contributed by atoms with E-state index in [4.69, 9.17) is 5.26 Å². The molecule has 0 saturated heterocycles. The van der Waals surface area contributed by atoms with Crippen LogP contribution < -0.4 is 5.32 Å². The first-order valence-corrected chi connectivity index (χ1v) is 5.14. The topological polar surface area (TPSA) is 56.1 Å². The van der Waals surface area contributed by atoms with Gasteiger partial charge in [0.25, 0.3) is 0 Å². The number of nitriles is 1. The van der Waals surface area contributed by atoms with E-state index in [0.717, 1.165) is 6.42 Å². The minimum Gasteiger partial charge on any atom is -0.325 e. The molecule has 0 aliphatic heterocycles. The maximum absolute atomic E-state index is 11.5. The van der Waals surface area contributed by atoms with Gasteiger partial charge in [-0.2, -0.15) is 5.26 Å². The smallest absolute Gasteiger partial charge is 0.318 e. The van der Waals surface area contributed by atoms with Gasteiger partial charge in [0, 0.05) is 13.1 Å². The molecule has 1 unspecified atom stereocenters. The van der Waals surface area contributed by atoms with E-state index < -0.39 is 0 Å². The molecule has 0 radical (unpaired) electrons. The van der Waals surface area contributed by atoms with Crippen LogP contribution in [0.4, 0.5) is 4.79 Å². The summed E-state index contributed by atoms with van der Waals surface area (Å²) in [4.78, 5) is 13.2. The normalized spacial score (nSPS) is 11.6. The number of rotatable bonds is 5. The molecule has 0 aromatic carbocycles. The van der Waals surface area contributed by atoms with Crippen molar-refractivity contribution in [3.63, 3.8) is 0 Å². The van der Waals surface area contributed by atoms with Gasteiger partial charge in [-0.25, -0.2) is 4.79 Å². The number of nitrogens with one attached hydrogen (secondary N) is 1. The van der Waals surface area contributed by atoms with Crippen molar-refractivity contribution in [2.45, 2.75) is 39.7 Å². The van der Waals surface area contributed by atoms with E-state index in [0.29, 0.717) is 19.5 Å². The molecule has 0 aliphatic carbocycles. The lowest BCUT2D eigenvalue weighted by Crippen LogP contribution is -2.44. The summed E-state index contributed by atoms with van der Waals surface area (Å²) in [6, 6.07) is 1.58. The Morgan fingerprint density at radius 2 is 2.00 bits per heavy atom. The molecule has 1 atom stereocenters. The van der Waals surface area contributed by atoms with Gasteiger partial charge in [-0.05, 0) is 20.3 Å². The van der Waals surface area contributed by atoms with Crippen LogP contribution in [0.5, 0.6) is 0 Å². The third kappa shape index (κ3) is 4.13. The molecule has 0 spiro atoms. The second-order valence-electron chi connectivity index (χ2n) is 3.09. The Hall–Kier alpha value is -1.24. The van der Waals surface area contributed by atoms with Crippen LogP contribution in [0.25, 0.3) is 0 Å². The molecular weight excluding hydrogens is 178 g/mol. The third-order valence-corrected chi connectivity index (χ3v) is 2.08. The molecule has 0 aromatic rings. The first-order chi connectivity index (χ1) is 6.69. The Morgan fingerprint density at radius 1 is 1.43 bits per heavy atom. The first kappa shape index (κ1) is 12.8. The second kappa shape index (κ2) is 7.19. The van der Waals surface area contributed by atoms with Crippen molar-refractivity contribution in [1.29, 1.82) is 5.26 Å². The number of carbonyl (C=O) groups is 1. The van der Waals surface area contributed by atoms with Crippen LogP contribution in [0.1, 0.15) is 33.6 Å². The van der Waals surface area contributed by atoms with E-state index in [9.17, 15) is 4.79 Å². The van der Waals surface area contributed by atoms with E-state index >= 15 is 0 Å². The van der Waals surface area contributed by atoms with Crippen molar-refractivity contribution in [3.05, 3.63) is 0 Å². The Balaban J connectivity index is 4.08. The molecule has 14 heavy (non-hydrogen) atoms. The molecule has 0 aliphatic rings. The van der Waals surface area contributed by atoms with E-state index in [1.807, 2.05) is 20.8 Å². The molecule has 0 fully saturated rings. The molecule has 0 aromatic heterocycles. The van der Waals surface area contributed by atoms with E-state index in [-0.39, 0.29) is 12.1 Å². The number of urea groups is 1. The highest BCUT2D eigenvalue weighted by Crippen LogP contribution is 1.97. The molecule has 0 bridgehead atoms. The molecule has 0 heterocycles. The van der Waals surface area contributed by atoms with Crippen LogP contribution in [-0.4, -0.2) is 30.1 Å². The number of hydrogen-bond donors (Lipinski definition) is 1. The van der Waals surface area contributed by atoms with Gasteiger partial charge in [0.05, 0.1) is 6.07 Å². The van der Waals surface area contributed by atoms with Crippen LogP contribution >= 0.6 is 0 Å². The molecule has 0 rings (SSSR count). The summed E-state index contributed by atoms with van der Waals surface area (Å²) >= 11 is 0. The van der Waals surface area contributed by atoms with Gasteiger partial charge in [0.1, 0.15) is 6.04 Å². The fourth-order valence-electron chi connectivity index (χ4n) is 1.21. The molecule has 4 nitrogen and oxygen atoms in total. The average molecular weight is 197 g/mol. The highest BCUT2D eigenvalue weighted by molar-refractivity contribution is 5.74. The third-order valence-electron chi connectivity index (χ3n) is 2.08.